The number of carboxylic acids is 3. The van der Waals surface area contributed by atoms with Gasteiger partial charge in [0.05, 0.1) is 6.54 Å². The second-order valence-electron chi connectivity index (χ2n) is 6.93. The molecule has 0 aliphatic rings. The Labute approximate surface area is 185 Å². The van der Waals surface area contributed by atoms with Crippen LogP contribution in [-0.4, -0.2) is 64.7 Å². The molecule has 178 valence electrons. The molecule has 0 saturated heterocycles. The Bertz CT molecular complexity index is 692. The molecule has 0 saturated carbocycles. The number of rotatable bonds is 15. The zero-order valence-corrected chi connectivity index (χ0v) is 17.9. The fourth-order valence-corrected chi connectivity index (χ4v) is 2.81. The van der Waals surface area contributed by atoms with E-state index in [1.807, 2.05) is 30.3 Å². The molecule has 1 amide bonds. The smallest absolute Gasteiger partial charge is 0.303 e. The molecule has 11 nitrogen and oxygen atoms in total. The molecule has 0 fully saturated rings. The highest BCUT2D eigenvalue weighted by Gasteiger charge is 2.33. The van der Waals surface area contributed by atoms with Crippen LogP contribution in [0.25, 0.3) is 0 Å². The van der Waals surface area contributed by atoms with Crippen LogP contribution in [0.5, 0.6) is 0 Å². The Morgan fingerprint density at radius 2 is 1.38 bits per heavy atom. The summed E-state index contributed by atoms with van der Waals surface area (Å²) in [5.74, 6) is -3.74. The quantitative estimate of drug-likeness (QED) is 0.240. The molecular formula is C21H30N2O9. The molecule has 32 heavy (non-hydrogen) atoms. The van der Waals surface area contributed by atoms with Crippen LogP contribution in [0.4, 0.5) is 0 Å². The standard InChI is InChI=1S/C13H22N2O7.C8H8O2/c1-14-8-9(16)15-13(5-2-10(17)18,6-3-11(19)20)7-4-12(21)22;9-7-10-6-8-4-2-1-3-5-8/h14H,2-8H2,1H3,(H,15,16)(H,17,18)(H,19,20)(H,21,22);1-5,7H,6H2. The van der Waals surface area contributed by atoms with Crippen LogP contribution in [-0.2, 0) is 35.3 Å². The van der Waals surface area contributed by atoms with E-state index in [1.165, 1.54) is 0 Å². The molecule has 0 aromatic heterocycles. The van der Waals surface area contributed by atoms with E-state index >= 15 is 0 Å². The third kappa shape index (κ3) is 14.5. The van der Waals surface area contributed by atoms with Crippen molar-refractivity contribution in [3.05, 3.63) is 35.9 Å². The van der Waals surface area contributed by atoms with Gasteiger partial charge in [0.2, 0.25) is 5.91 Å². The fourth-order valence-electron chi connectivity index (χ4n) is 2.81. The summed E-state index contributed by atoms with van der Waals surface area (Å²) >= 11 is 0. The number of ether oxygens (including phenoxy) is 1. The van der Waals surface area contributed by atoms with Crippen molar-refractivity contribution in [3.8, 4) is 0 Å². The number of likely N-dealkylation sites (N-methyl/N-ethyl adjacent to an activating group) is 1. The van der Waals surface area contributed by atoms with Crippen molar-refractivity contribution in [1.82, 2.24) is 10.6 Å². The molecule has 0 unspecified atom stereocenters. The van der Waals surface area contributed by atoms with Crippen molar-refractivity contribution in [1.29, 1.82) is 0 Å². The summed E-state index contributed by atoms with van der Waals surface area (Å²) in [6.07, 6.45) is -0.966. The van der Waals surface area contributed by atoms with Gasteiger partial charge in [0.1, 0.15) is 6.61 Å². The van der Waals surface area contributed by atoms with Gasteiger partial charge in [-0.05, 0) is 31.9 Å². The number of carbonyl (C=O) groups excluding carboxylic acids is 2. The van der Waals surface area contributed by atoms with Crippen LogP contribution in [0.3, 0.4) is 0 Å². The topological polar surface area (TPSA) is 179 Å². The van der Waals surface area contributed by atoms with Gasteiger partial charge in [-0.2, -0.15) is 0 Å². The molecule has 0 atom stereocenters. The molecule has 0 radical (unpaired) electrons. The summed E-state index contributed by atoms with van der Waals surface area (Å²) in [5.41, 5.74) is -0.155. The van der Waals surface area contributed by atoms with E-state index in [0.29, 0.717) is 13.1 Å². The van der Waals surface area contributed by atoms with Crippen molar-refractivity contribution in [3.63, 3.8) is 0 Å². The molecular weight excluding hydrogens is 424 g/mol. The second-order valence-corrected chi connectivity index (χ2v) is 6.93. The molecule has 1 rings (SSSR count). The van der Waals surface area contributed by atoms with E-state index in [4.69, 9.17) is 15.3 Å². The van der Waals surface area contributed by atoms with E-state index in [1.54, 1.807) is 7.05 Å². The van der Waals surface area contributed by atoms with Gasteiger partial charge >= 0.3 is 17.9 Å². The van der Waals surface area contributed by atoms with Crippen LogP contribution in [0.1, 0.15) is 44.1 Å². The number of amides is 1. The van der Waals surface area contributed by atoms with Gasteiger partial charge in [-0.25, -0.2) is 0 Å². The van der Waals surface area contributed by atoms with E-state index in [0.717, 1.165) is 5.56 Å². The maximum Gasteiger partial charge on any atom is 0.303 e. The molecule has 5 N–H and O–H groups in total. The van der Waals surface area contributed by atoms with Gasteiger partial charge < -0.3 is 30.7 Å². The largest absolute Gasteiger partial charge is 0.481 e. The number of aliphatic carboxylic acids is 3. The number of nitrogens with one attached hydrogen (secondary N) is 2. The highest BCUT2D eigenvalue weighted by atomic mass is 16.5. The van der Waals surface area contributed by atoms with Crippen LogP contribution < -0.4 is 10.6 Å². The van der Waals surface area contributed by atoms with Crippen LogP contribution in [0, 0.1) is 0 Å². The normalized spacial score (nSPS) is 10.3. The average Bonchev–Trinajstić information content (AvgIpc) is 2.74. The summed E-state index contributed by atoms with van der Waals surface area (Å²) in [7, 11) is 1.55. The van der Waals surface area contributed by atoms with E-state index in [-0.39, 0.29) is 45.1 Å². The summed E-state index contributed by atoms with van der Waals surface area (Å²) in [5, 5.41) is 31.7. The lowest BCUT2D eigenvalue weighted by Crippen LogP contribution is -2.51. The molecule has 0 aliphatic heterocycles. The number of benzene rings is 1. The minimum Gasteiger partial charge on any atom is -0.481 e. The summed E-state index contributed by atoms with van der Waals surface area (Å²) < 4.78 is 4.54. The van der Waals surface area contributed by atoms with Gasteiger partial charge in [0.15, 0.2) is 0 Å². The van der Waals surface area contributed by atoms with Crippen molar-refractivity contribution in [2.24, 2.45) is 0 Å². The maximum atomic E-state index is 11.8. The van der Waals surface area contributed by atoms with Gasteiger partial charge in [-0.3, -0.25) is 24.0 Å². The molecule has 0 bridgehead atoms. The third-order valence-corrected chi connectivity index (χ3v) is 4.36. The molecule has 11 heteroatoms. The zero-order valence-electron chi connectivity index (χ0n) is 17.9. The maximum absolute atomic E-state index is 11.8. The van der Waals surface area contributed by atoms with Gasteiger partial charge in [-0.15, -0.1) is 0 Å². The van der Waals surface area contributed by atoms with Crippen molar-refractivity contribution in [2.75, 3.05) is 13.6 Å². The number of hydrogen-bond donors (Lipinski definition) is 5. The highest BCUT2D eigenvalue weighted by Crippen LogP contribution is 2.26. The highest BCUT2D eigenvalue weighted by molar-refractivity contribution is 5.79. The molecule has 1 aromatic rings. The van der Waals surface area contributed by atoms with E-state index in [9.17, 15) is 24.0 Å². The Morgan fingerprint density at radius 1 is 0.906 bits per heavy atom. The molecule has 1 aromatic carbocycles. The minimum absolute atomic E-state index is 0.0294. The Morgan fingerprint density at radius 3 is 1.75 bits per heavy atom. The third-order valence-electron chi connectivity index (χ3n) is 4.36. The number of carboxylic acid groups (broad SMARTS) is 3. The predicted molar refractivity (Wildman–Crippen MR) is 113 cm³/mol. The SMILES string of the molecule is CNCC(=O)NC(CCC(=O)O)(CCC(=O)O)CCC(=O)O.O=COCc1ccccc1. The van der Waals surface area contributed by atoms with Gasteiger partial charge in [-0.1, -0.05) is 30.3 Å². The fraction of sp³-hybridized carbons (Fsp3) is 0.476. The number of carbonyl (C=O) groups is 5. The monoisotopic (exact) mass is 454 g/mol. The summed E-state index contributed by atoms with van der Waals surface area (Å²) in [4.78, 5) is 53.9. The van der Waals surface area contributed by atoms with Gasteiger partial charge in [0, 0.05) is 24.8 Å². The lowest BCUT2D eigenvalue weighted by molar-refractivity contribution is -0.139. The number of hydrogen-bond acceptors (Lipinski definition) is 7. The first-order valence-corrected chi connectivity index (χ1v) is 9.84. The Balaban J connectivity index is 0.000000792. The van der Waals surface area contributed by atoms with E-state index in [2.05, 4.69) is 15.4 Å². The minimum atomic E-state index is -1.16. The van der Waals surface area contributed by atoms with Crippen LogP contribution >= 0.6 is 0 Å². The second kappa shape index (κ2) is 16.3. The molecule has 0 aliphatic carbocycles. The lowest BCUT2D eigenvalue weighted by atomic mass is 9.83. The van der Waals surface area contributed by atoms with Crippen LogP contribution in [0.15, 0.2) is 30.3 Å². The van der Waals surface area contributed by atoms with Crippen molar-refractivity contribution >= 4 is 30.3 Å². The zero-order chi connectivity index (χ0) is 24.4. The average molecular weight is 454 g/mol. The Hall–Kier alpha value is -3.47. The first-order valence-electron chi connectivity index (χ1n) is 9.84. The first-order chi connectivity index (χ1) is 15.1. The Kier molecular flexibility index (Phi) is 14.5. The summed E-state index contributed by atoms with van der Waals surface area (Å²) in [6.45, 7) is 0.784. The molecule has 0 heterocycles. The van der Waals surface area contributed by atoms with E-state index < -0.39 is 29.4 Å². The van der Waals surface area contributed by atoms with Gasteiger partial charge in [0.25, 0.3) is 6.47 Å². The lowest BCUT2D eigenvalue weighted by Gasteiger charge is -2.34. The summed E-state index contributed by atoms with van der Waals surface area (Å²) in [6, 6.07) is 9.55. The van der Waals surface area contributed by atoms with Crippen molar-refractivity contribution in [2.45, 2.75) is 50.7 Å². The van der Waals surface area contributed by atoms with Crippen molar-refractivity contribution < 1.29 is 44.0 Å². The molecule has 0 spiro atoms. The van der Waals surface area contributed by atoms with Crippen LogP contribution in [0.2, 0.25) is 0 Å². The first kappa shape index (κ1) is 28.5. The predicted octanol–water partition coefficient (Wildman–Crippen LogP) is 1.01.